The SMILES string of the molecule is CC(O)C(C)Oc1cccc2c1CCCC2=O. The molecule has 0 spiro atoms. The lowest BCUT2D eigenvalue weighted by Crippen LogP contribution is -2.26. The number of hydrogen-bond acceptors (Lipinski definition) is 3. The van der Waals surface area contributed by atoms with Gasteiger partial charge in [-0.3, -0.25) is 4.79 Å². The Balaban J connectivity index is 2.29. The number of aliphatic hydroxyl groups is 1. The maximum atomic E-state index is 11.8. The summed E-state index contributed by atoms with van der Waals surface area (Å²) in [6.45, 7) is 3.53. The maximum Gasteiger partial charge on any atom is 0.163 e. The molecule has 0 heterocycles. The van der Waals surface area contributed by atoms with E-state index in [-0.39, 0.29) is 11.9 Å². The van der Waals surface area contributed by atoms with Crippen molar-refractivity contribution in [3.63, 3.8) is 0 Å². The molecule has 0 amide bonds. The zero-order valence-electron chi connectivity index (χ0n) is 10.3. The summed E-state index contributed by atoms with van der Waals surface area (Å²) < 4.78 is 5.72. The van der Waals surface area contributed by atoms with Gasteiger partial charge in [0.25, 0.3) is 0 Å². The molecule has 0 saturated heterocycles. The van der Waals surface area contributed by atoms with Crippen molar-refractivity contribution >= 4 is 5.78 Å². The van der Waals surface area contributed by atoms with E-state index < -0.39 is 6.10 Å². The molecular weight excluding hydrogens is 216 g/mol. The fourth-order valence-electron chi connectivity index (χ4n) is 2.05. The van der Waals surface area contributed by atoms with Gasteiger partial charge < -0.3 is 9.84 Å². The van der Waals surface area contributed by atoms with Gasteiger partial charge in [0.05, 0.1) is 6.10 Å². The van der Waals surface area contributed by atoms with Crippen LogP contribution in [0.25, 0.3) is 0 Å². The molecule has 1 aromatic rings. The van der Waals surface area contributed by atoms with Crippen molar-refractivity contribution in [1.29, 1.82) is 0 Å². The van der Waals surface area contributed by atoms with E-state index in [1.807, 2.05) is 25.1 Å². The van der Waals surface area contributed by atoms with E-state index in [0.29, 0.717) is 6.42 Å². The minimum atomic E-state index is -0.523. The van der Waals surface area contributed by atoms with Crippen LogP contribution in [-0.4, -0.2) is 23.1 Å². The van der Waals surface area contributed by atoms with Crippen LogP contribution in [0.3, 0.4) is 0 Å². The first-order valence-electron chi connectivity index (χ1n) is 6.09. The van der Waals surface area contributed by atoms with Crippen molar-refractivity contribution in [1.82, 2.24) is 0 Å². The number of fused-ring (bicyclic) bond motifs is 1. The van der Waals surface area contributed by atoms with Crippen molar-refractivity contribution in [2.75, 3.05) is 0 Å². The topological polar surface area (TPSA) is 46.5 Å². The molecule has 1 aliphatic rings. The Bertz CT molecular complexity index is 423. The second-order valence-corrected chi connectivity index (χ2v) is 4.62. The van der Waals surface area contributed by atoms with Crippen LogP contribution in [0.15, 0.2) is 18.2 Å². The largest absolute Gasteiger partial charge is 0.488 e. The van der Waals surface area contributed by atoms with Gasteiger partial charge >= 0.3 is 0 Å². The molecule has 2 atom stereocenters. The fourth-order valence-corrected chi connectivity index (χ4v) is 2.05. The maximum absolute atomic E-state index is 11.8. The van der Waals surface area contributed by atoms with Crippen LogP contribution < -0.4 is 4.74 Å². The van der Waals surface area contributed by atoms with Gasteiger partial charge in [-0.05, 0) is 32.8 Å². The highest BCUT2D eigenvalue weighted by Crippen LogP contribution is 2.30. The normalized spacial score (nSPS) is 18.4. The summed E-state index contributed by atoms with van der Waals surface area (Å²) in [5.41, 5.74) is 1.78. The highest BCUT2D eigenvalue weighted by molar-refractivity contribution is 5.99. The minimum Gasteiger partial charge on any atom is -0.488 e. The lowest BCUT2D eigenvalue weighted by molar-refractivity contribution is 0.0596. The number of benzene rings is 1. The van der Waals surface area contributed by atoms with Gasteiger partial charge in [-0.2, -0.15) is 0 Å². The lowest BCUT2D eigenvalue weighted by Gasteiger charge is -2.22. The van der Waals surface area contributed by atoms with Gasteiger partial charge in [-0.1, -0.05) is 12.1 Å². The van der Waals surface area contributed by atoms with E-state index in [4.69, 9.17) is 4.74 Å². The molecule has 0 saturated carbocycles. The van der Waals surface area contributed by atoms with Crippen LogP contribution in [-0.2, 0) is 6.42 Å². The standard InChI is InChI=1S/C14H18O3/c1-9(15)10(2)17-14-8-4-5-11-12(14)6-3-7-13(11)16/h4-5,8-10,15H,3,6-7H2,1-2H3. The molecule has 3 nitrogen and oxygen atoms in total. The molecule has 17 heavy (non-hydrogen) atoms. The molecule has 3 heteroatoms. The van der Waals surface area contributed by atoms with Gasteiger partial charge in [0.1, 0.15) is 11.9 Å². The average molecular weight is 234 g/mol. The third-order valence-corrected chi connectivity index (χ3v) is 3.26. The third-order valence-electron chi connectivity index (χ3n) is 3.26. The van der Waals surface area contributed by atoms with Crippen LogP contribution in [0.5, 0.6) is 5.75 Å². The van der Waals surface area contributed by atoms with Gasteiger partial charge in [-0.25, -0.2) is 0 Å². The molecule has 0 fully saturated rings. The van der Waals surface area contributed by atoms with Crippen molar-refractivity contribution in [2.45, 2.75) is 45.3 Å². The first-order valence-corrected chi connectivity index (χ1v) is 6.09. The smallest absolute Gasteiger partial charge is 0.163 e. The third kappa shape index (κ3) is 2.50. The number of hydrogen-bond donors (Lipinski definition) is 1. The molecule has 0 bridgehead atoms. The Kier molecular flexibility index (Phi) is 3.48. The number of aliphatic hydroxyl groups excluding tert-OH is 1. The van der Waals surface area contributed by atoms with Gasteiger partial charge in [0.2, 0.25) is 0 Å². The molecule has 92 valence electrons. The summed E-state index contributed by atoms with van der Waals surface area (Å²) in [6.07, 6.45) is 1.60. The van der Waals surface area contributed by atoms with Crippen LogP contribution in [0, 0.1) is 0 Å². The number of ketones is 1. The molecule has 2 unspecified atom stereocenters. The molecule has 2 rings (SSSR count). The molecule has 1 N–H and O–H groups in total. The van der Waals surface area contributed by atoms with E-state index in [0.717, 1.165) is 29.7 Å². The Morgan fingerprint density at radius 2 is 2.06 bits per heavy atom. The highest BCUT2D eigenvalue weighted by atomic mass is 16.5. The lowest BCUT2D eigenvalue weighted by atomic mass is 9.90. The summed E-state index contributed by atoms with van der Waals surface area (Å²) in [5, 5.41) is 9.45. The Morgan fingerprint density at radius 1 is 1.29 bits per heavy atom. The second kappa shape index (κ2) is 4.88. The summed E-state index contributed by atoms with van der Waals surface area (Å²) in [7, 11) is 0. The van der Waals surface area contributed by atoms with E-state index in [1.165, 1.54) is 0 Å². The minimum absolute atomic E-state index is 0.196. The van der Waals surface area contributed by atoms with Crippen LogP contribution in [0.4, 0.5) is 0 Å². The van der Waals surface area contributed by atoms with Crippen molar-refractivity contribution < 1.29 is 14.6 Å². The summed E-state index contributed by atoms with van der Waals surface area (Å²) >= 11 is 0. The van der Waals surface area contributed by atoms with E-state index >= 15 is 0 Å². The predicted molar refractivity (Wildman–Crippen MR) is 65.5 cm³/mol. The van der Waals surface area contributed by atoms with Gasteiger partial charge in [0, 0.05) is 17.5 Å². The Labute approximate surface area is 101 Å². The van der Waals surface area contributed by atoms with E-state index in [1.54, 1.807) is 6.92 Å². The zero-order valence-corrected chi connectivity index (χ0v) is 10.3. The van der Waals surface area contributed by atoms with Crippen LogP contribution >= 0.6 is 0 Å². The molecule has 1 aliphatic carbocycles. The number of carbonyl (C=O) groups excluding carboxylic acids is 1. The van der Waals surface area contributed by atoms with E-state index in [9.17, 15) is 9.90 Å². The summed E-state index contributed by atoms with van der Waals surface area (Å²) in [4.78, 5) is 11.8. The average Bonchev–Trinajstić information content (AvgIpc) is 2.30. The fraction of sp³-hybridized carbons (Fsp3) is 0.500. The number of rotatable bonds is 3. The van der Waals surface area contributed by atoms with Crippen molar-refractivity contribution in [3.05, 3.63) is 29.3 Å². The summed E-state index contributed by atoms with van der Waals surface area (Å²) in [6, 6.07) is 5.57. The molecular formula is C14H18O3. The Hall–Kier alpha value is -1.35. The Morgan fingerprint density at radius 3 is 2.76 bits per heavy atom. The van der Waals surface area contributed by atoms with Gasteiger partial charge in [0.15, 0.2) is 5.78 Å². The van der Waals surface area contributed by atoms with Gasteiger partial charge in [-0.15, -0.1) is 0 Å². The van der Waals surface area contributed by atoms with E-state index in [2.05, 4.69) is 0 Å². The van der Waals surface area contributed by atoms with Crippen LogP contribution in [0.2, 0.25) is 0 Å². The molecule has 1 aromatic carbocycles. The number of Topliss-reactive ketones (excluding diaryl/α,β-unsaturated/α-hetero) is 1. The first kappa shape index (κ1) is 12.1. The molecule has 0 aromatic heterocycles. The first-order chi connectivity index (χ1) is 8.09. The monoisotopic (exact) mass is 234 g/mol. The van der Waals surface area contributed by atoms with Crippen molar-refractivity contribution in [3.8, 4) is 5.75 Å². The zero-order chi connectivity index (χ0) is 12.4. The summed E-state index contributed by atoms with van der Waals surface area (Å²) in [5.74, 6) is 0.936. The quantitative estimate of drug-likeness (QED) is 0.873. The van der Waals surface area contributed by atoms with Crippen LogP contribution in [0.1, 0.15) is 42.6 Å². The number of carbonyl (C=O) groups is 1. The van der Waals surface area contributed by atoms with Crippen molar-refractivity contribution in [2.24, 2.45) is 0 Å². The molecule has 0 aliphatic heterocycles. The predicted octanol–water partition coefficient (Wildman–Crippen LogP) is 2.35. The highest BCUT2D eigenvalue weighted by Gasteiger charge is 2.21. The number of ether oxygens (including phenoxy) is 1. The molecule has 0 radical (unpaired) electrons. The second-order valence-electron chi connectivity index (χ2n) is 4.62.